The maximum atomic E-state index is 11.7. The van der Waals surface area contributed by atoms with Crippen LogP contribution in [0.25, 0.3) is 0 Å². The number of aliphatic carboxylic acids is 1. The summed E-state index contributed by atoms with van der Waals surface area (Å²) in [5, 5.41) is 9.62. The minimum Gasteiger partial charge on any atom is -0.497 e. The highest BCUT2D eigenvalue weighted by Crippen LogP contribution is 2.25. The third-order valence-electron chi connectivity index (χ3n) is 4.17. The Hall–Kier alpha value is -2.49. The molecule has 134 valence electrons. The van der Waals surface area contributed by atoms with E-state index in [-0.39, 0.29) is 0 Å². The maximum Gasteiger partial charge on any atom is 0.311 e. The van der Waals surface area contributed by atoms with Crippen LogP contribution in [0.2, 0.25) is 0 Å². The Bertz CT molecular complexity index is 664. The van der Waals surface area contributed by atoms with Crippen molar-refractivity contribution in [1.29, 1.82) is 0 Å². The van der Waals surface area contributed by atoms with E-state index < -0.39 is 11.9 Å². The molecule has 2 rings (SSSR count). The number of rotatable bonds is 10. The quantitative estimate of drug-likeness (QED) is 0.637. The Kier molecular flexibility index (Phi) is 7.33. The van der Waals surface area contributed by atoms with Crippen molar-refractivity contribution in [3.05, 3.63) is 59.7 Å². The molecule has 25 heavy (non-hydrogen) atoms. The van der Waals surface area contributed by atoms with Gasteiger partial charge in [0.1, 0.15) is 11.5 Å². The molecule has 0 saturated carbocycles. The van der Waals surface area contributed by atoms with Crippen molar-refractivity contribution in [3.8, 4) is 11.5 Å². The monoisotopic (exact) mass is 342 g/mol. The van der Waals surface area contributed by atoms with Gasteiger partial charge in [-0.1, -0.05) is 44.0 Å². The van der Waals surface area contributed by atoms with Crippen molar-refractivity contribution >= 4 is 5.97 Å². The number of carbonyl (C=O) groups is 1. The highest BCUT2D eigenvalue weighted by molar-refractivity contribution is 5.76. The van der Waals surface area contributed by atoms with Gasteiger partial charge in [0.15, 0.2) is 0 Å². The van der Waals surface area contributed by atoms with Crippen LogP contribution in [0.1, 0.15) is 43.2 Å². The summed E-state index contributed by atoms with van der Waals surface area (Å²) in [7, 11) is 1.59. The van der Waals surface area contributed by atoms with E-state index >= 15 is 0 Å². The molecule has 1 atom stereocenters. The van der Waals surface area contributed by atoms with Crippen LogP contribution in [0.5, 0.6) is 11.5 Å². The van der Waals surface area contributed by atoms with Crippen molar-refractivity contribution in [2.75, 3.05) is 13.7 Å². The molecule has 0 aromatic heterocycles. The second-order valence-corrected chi connectivity index (χ2v) is 6.07. The molecule has 0 fully saturated rings. The standard InChI is InChI=1S/C21H26O4/c1-3-4-5-13-25-19-8-6-7-16(14-19)15-20(21(22)23)17-9-11-18(24-2)12-10-17/h6-12,14,20H,3-5,13,15H2,1-2H3,(H,22,23). The highest BCUT2D eigenvalue weighted by Gasteiger charge is 2.20. The van der Waals surface area contributed by atoms with Gasteiger partial charge in [0.05, 0.1) is 19.6 Å². The second kappa shape index (κ2) is 9.72. The minimum absolute atomic E-state index is 0.424. The Balaban J connectivity index is 2.07. The van der Waals surface area contributed by atoms with Gasteiger partial charge in [-0.2, -0.15) is 0 Å². The van der Waals surface area contributed by atoms with Crippen molar-refractivity contribution in [3.63, 3.8) is 0 Å². The van der Waals surface area contributed by atoms with Gasteiger partial charge in [-0.15, -0.1) is 0 Å². The fraction of sp³-hybridized carbons (Fsp3) is 0.381. The van der Waals surface area contributed by atoms with E-state index in [9.17, 15) is 9.90 Å². The summed E-state index contributed by atoms with van der Waals surface area (Å²) in [6, 6.07) is 14.9. The molecule has 4 heteroatoms. The molecule has 0 saturated heterocycles. The molecule has 0 radical (unpaired) electrons. The molecule has 0 heterocycles. The second-order valence-electron chi connectivity index (χ2n) is 6.07. The molecule has 2 aromatic rings. The van der Waals surface area contributed by atoms with E-state index in [1.54, 1.807) is 19.2 Å². The molecule has 0 bridgehead atoms. The van der Waals surface area contributed by atoms with Crippen LogP contribution in [0.15, 0.2) is 48.5 Å². The molecule has 0 aliphatic heterocycles. The zero-order chi connectivity index (χ0) is 18.1. The average molecular weight is 342 g/mol. The highest BCUT2D eigenvalue weighted by atomic mass is 16.5. The van der Waals surface area contributed by atoms with E-state index in [1.807, 2.05) is 36.4 Å². The van der Waals surface area contributed by atoms with Gasteiger partial charge in [0.2, 0.25) is 0 Å². The van der Waals surface area contributed by atoms with E-state index in [2.05, 4.69) is 6.92 Å². The third-order valence-corrected chi connectivity index (χ3v) is 4.17. The predicted octanol–water partition coefficient (Wildman–Crippen LogP) is 4.68. The first-order valence-corrected chi connectivity index (χ1v) is 8.72. The van der Waals surface area contributed by atoms with E-state index in [4.69, 9.17) is 9.47 Å². The fourth-order valence-electron chi connectivity index (χ4n) is 2.72. The Morgan fingerprint density at radius 2 is 1.84 bits per heavy atom. The molecule has 1 unspecified atom stereocenters. The normalized spacial score (nSPS) is 11.8. The molecule has 1 N–H and O–H groups in total. The van der Waals surface area contributed by atoms with E-state index in [0.29, 0.717) is 13.0 Å². The SMILES string of the molecule is CCCCCOc1cccc(CC(C(=O)O)c2ccc(OC)cc2)c1. The number of hydrogen-bond donors (Lipinski definition) is 1. The third kappa shape index (κ3) is 5.82. The van der Waals surface area contributed by atoms with Gasteiger partial charge in [-0.3, -0.25) is 4.79 Å². The zero-order valence-electron chi connectivity index (χ0n) is 14.9. The number of methoxy groups -OCH3 is 1. The number of carboxylic acid groups (broad SMARTS) is 1. The summed E-state index contributed by atoms with van der Waals surface area (Å²) in [6.07, 6.45) is 3.77. The first kappa shape index (κ1) is 18.8. The lowest BCUT2D eigenvalue weighted by molar-refractivity contribution is -0.138. The number of ether oxygens (including phenoxy) is 2. The molecule has 2 aromatic carbocycles. The number of carboxylic acids is 1. The molecular formula is C21H26O4. The number of benzene rings is 2. The topological polar surface area (TPSA) is 55.8 Å². The number of hydrogen-bond acceptors (Lipinski definition) is 3. The fourth-order valence-corrected chi connectivity index (χ4v) is 2.72. The lowest BCUT2D eigenvalue weighted by Crippen LogP contribution is -2.14. The molecule has 4 nitrogen and oxygen atoms in total. The Morgan fingerprint density at radius 1 is 1.08 bits per heavy atom. The van der Waals surface area contributed by atoms with Gasteiger partial charge < -0.3 is 14.6 Å². The van der Waals surface area contributed by atoms with Gasteiger partial charge in [0, 0.05) is 0 Å². The van der Waals surface area contributed by atoms with Crippen LogP contribution in [-0.2, 0) is 11.2 Å². The molecular weight excluding hydrogens is 316 g/mol. The van der Waals surface area contributed by atoms with Crippen molar-refractivity contribution in [2.24, 2.45) is 0 Å². The lowest BCUT2D eigenvalue weighted by Gasteiger charge is -2.14. The molecule has 0 amide bonds. The van der Waals surface area contributed by atoms with E-state index in [0.717, 1.165) is 41.9 Å². The molecule has 0 aliphatic carbocycles. The predicted molar refractivity (Wildman–Crippen MR) is 98.5 cm³/mol. The minimum atomic E-state index is -0.834. The van der Waals surface area contributed by atoms with Crippen LogP contribution >= 0.6 is 0 Å². The average Bonchev–Trinajstić information content (AvgIpc) is 2.63. The van der Waals surface area contributed by atoms with Crippen LogP contribution in [0, 0.1) is 0 Å². The van der Waals surface area contributed by atoms with Gasteiger partial charge >= 0.3 is 5.97 Å². The summed E-state index contributed by atoms with van der Waals surface area (Å²) in [4.78, 5) is 11.7. The van der Waals surface area contributed by atoms with Crippen molar-refractivity contribution in [1.82, 2.24) is 0 Å². The van der Waals surface area contributed by atoms with Gasteiger partial charge in [-0.05, 0) is 48.2 Å². The van der Waals surface area contributed by atoms with Gasteiger partial charge in [-0.25, -0.2) is 0 Å². The van der Waals surface area contributed by atoms with Crippen LogP contribution in [-0.4, -0.2) is 24.8 Å². The van der Waals surface area contributed by atoms with Crippen molar-refractivity contribution < 1.29 is 19.4 Å². The summed E-state index contributed by atoms with van der Waals surface area (Å²) in [5.41, 5.74) is 1.72. The summed E-state index contributed by atoms with van der Waals surface area (Å²) < 4.78 is 10.9. The molecule has 0 spiro atoms. The summed E-state index contributed by atoms with van der Waals surface area (Å²) >= 11 is 0. The molecule has 0 aliphatic rings. The Labute approximate surface area is 149 Å². The largest absolute Gasteiger partial charge is 0.497 e. The first-order chi connectivity index (χ1) is 12.1. The summed E-state index contributed by atoms with van der Waals surface area (Å²) in [5.74, 6) is 0.0866. The summed E-state index contributed by atoms with van der Waals surface area (Å²) in [6.45, 7) is 2.85. The van der Waals surface area contributed by atoms with Gasteiger partial charge in [0.25, 0.3) is 0 Å². The van der Waals surface area contributed by atoms with Crippen LogP contribution < -0.4 is 9.47 Å². The zero-order valence-corrected chi connectivity index (χ0v) is 14.9. The van der Waals surface area contributed by atoms with Crippen LogP contribution in [0.4, 0.5) is 0 Å². The maximum absolute atomic E-state index is 11.7. The van der Waals surface area contributed by atoms with Crippen molar-refractivity contribution in [2.45, 2.75) is 38.5 Å². The van der Waals surface area contributed by atoms with E-state index in [1.165, 1.54) is 0 Å². The number of unbranched alkanes of at least 4 members (excludes halogenated alkanes) is 2. The smallest absolute Gasteiger partial charge is 0.311 e. The van der Waals surface area contributed by atoms with Crippen LogP contribution in [0.3, 0.4) is 0 Å². The Morgan fingerprint density at radius 3 is 2.48 bits per heavy atom. The lowest BCUT2D eigenvalue weighted by atomic mass is 9.92. The first-order valence-electron chi connectivity index (χ1n) is 8.72.